The molecule has 1 nitrogen and oxygen atoms in total. The van der Waals surface area contributed by atoms with E-state index < -0.39 is 0 Å². The molecule has 1 fully saturated rings. The van der Waals surface area contributed by atoms with Crippen LogP contribution in [0.4, 0.5) is 0 Å². The molecule has 0 bridgehead atoms. The Morgan fingerprint density at radius 3 is 2.47 bits per heavy atom. The topological polar surface area (TPSA) is 12.0 Å². The smallest absolute Gasteiger partial charge is 0.0320 e. The minimum atomic E-state index is 0.549. The van der Waals surface area contributed by atoms with Gasteiger partial charge in [0.15, 0.2) is 0 Å². The van der Waals surface area contributed by atoms with E-state index in [1.54, 1.807) is 11.8 Å². The average molecular weight is 221 g/mol. The summed E-state index contributed by atoms with van der Waals surface area (Å²) >= 11 is 1.80. The van der Waals surface area contributed by atoms with Gasteiger partial charge in [-0.05, 0) is 43.3 Å². The van der Waals surface area contributed by atoms with Crippen LogP contribution in [0.1, 0.15) is 30.9 Å². The monoisotopic (exact) mass is 221 g/mol. The molecule has 0 aromatic heterocycles. The quantitative estimate of drug-likeness (QED) is 0.764. The third-order valence-corrected chi connectivity index (χ3v) is 3.88. The van der Waals surface area contributed by atoms with Crippen LogP contribution in [0.25, 0.3) is 0 Å². The van der Waals surface area contributed by atoms with Gasteiger partial charge in [-0.2, -0.15) is 0 Å². The summed E-state index contributed by atoms with van der Waals surface area (Å²) in [4.78, 5) is 1.35. The van der Waals surface area contributed by atoms with Crippen molar-refractivity contribution >= 4 is 11.8 Å². The lowest BCUT2D eigenvalue weighted by Crippen LogP contribution is -2.16. The fraction of sp³-hybridized carbons (Fsp3) is 0.538. The highest BCUT2D eigenvalue weighted by atomic mass is 32.2. The molecule has 2 heteroatoms. The fourth-order valence-corrected chi connectivity index (χ4v) is 2.35. The first-order valence-corrected chi connectivity index (χ1v) is 6.87. The molecule has 1 aliphatic rings. The van der Waals surface area contributed by atoms with Crippen LogP contribution in [0.5, 0.6) is 0 Å². The molecule has 0 heterocycles. The second-order valence-electron chi connectivity index (χ2n) is 4.29. The van der Waals surface area contributed by atoms with Crippen molar-refractivity contribution in [1.82, 2.24) is 5.32 Å². The molecule has 0 amide bonds. The number of benzene rings is 1. The summed E-state index contributed by atoms with van der Waals surface area (Å²) in [6.45, 7) is 0. The zero-order valence-corrected chi connectivity index (χ0v) is 10.3. The van der Waals surface area contributed by atoms with E-state index in [9.17, 15) is 0 Å². The zero-order chi connectivity index (χ0) is 10.7. The Balaban J connectivity index is 2.03. The van der Waals surface area contributed by atoms with Gasteiger partial charge in [0.25, 0.3) is 0 Å². The van der Waals surface area contributed by atoms with E-state index in [2.05, 4.69) is 42.9 Å². The van der Waals surface area contributed by atoms with Crippen molar-refractivity contribution in [3.8, 4) is 0 Å². The summed E-state index contributed by atoms with van der Waals surface area (Å²) < 4.78 is 0. The van der Waals surface area contributed by atoms with Gasteiger partial charge in [0.05, 0.1) is 0 Å². The molecule has 1 unspecified atom stereocenters. The van der Waals surface area contributed by atoms with Crippen molar-refractivity contribution in [1.29, 1.82) is 0 Å². The summed E-state index contributed by atoms with van der Waals surface area (Å²) in [6, 6.07) is 9.51. The Kier molecular flexibility index (Phi) is 3.71. The lowest BCUT2D eigenvalue weighted by Gasteiger charge is -2.16. The highest BCUT2D eigenvalue weighted by Gasteiger charge is 2.25. The van der Waals surface area contributed by atoms with Gasteiger partial charge in [0, 0.05) is 10.9 Å². The maximum absolute atomic E-state index is 3.42. The molecule has 2 rings (SSSR count). The van der Waals surface area contributed by atoms with E-state index in [0.29, 0.717) is 6.04 Å². The Morgan fingerprint density at radius 1 is 1.33 bits per heavy atom. The molecule has 1 aliphatic carbocycles. The molecule has 1 atom stereocenters. The summed E-state index contributed by atoms with van der Waals surface area (Å²) in [5.74, 6) is 0.975. The third-order valence-electron chi connectivity index (χ3n) is 3.13. The molecule has 0 radical (unpaired) electrons. The Hall–Kier alpha value is -0.470. The van der Waals surface area contributed by atoms with Gasteiger partial charge in [-0.15, -0.1) is 11.8 Å². The van der Waals surface area contributed by atoms with Gasteiger partial charge in [0.2, 0.25) is 0 Å². The molecule has 1 saturated carbocycles. The van der Waals surface area contributed by atoms with E-state index in [1.165, 1.54) is 29.7 Å². The standard InChI is InChI=1S/C13H19NS/c1-14-13(9-10-3-4-10)11-5-7-12(15-2)8-6-11/h5-8,10,13-14H,3-4,9H2,1-2H3. The van der Waals surface area contributed by atoms with Crippen molar-refractivity contribution in [2.75, 3.05) is 13.3 Å². The second-order valence-corrected chi connectivity index (χ2v) is 5.17. The molecule has 0 aliphatic heterocycles. The van der Waals surface area contributed by atoms with E-state index in [4.69, 9.17) is 0 Å². The van der Waals surface area contributed by atoms with Gasteiger partial charge in [-0.1, -0.05) is 25.0 Å². The normalized spacial score (nSPS) is 17.7. The minimum absolute atomic E-state index is 0.549. The fourth-order valence-electron chi connectivity index (χ4n) is 1.94. The molecule has 0 saturated heterocycles. The average Bonchev–Trinajstić information content (AvgIpc) is 3.10. The van der Waals surface area contributed by atoms with E-state index >= 15 is 0 Å². The van der Waals surface area contributed by atoms with Crippen LogP contribution in [0, 0.1) is 5.92 Å². The summed E-state index contributed by atoms with van der Waals surface area (Å²) in [7, 11) is 2.07. The van der Waals surface area contributed by atoms with Gasteiger partial charge in [-0.25, -0.2) is 0 Å². The van der Waals surface area contributed by atoms with Gasteiger partial charge in [-0.3, -0.25) is 0 Å². The molecule has 15 heavy (non-hydrogen) atoms. The lowest BCUT2D eigenvalue weighted by atomic mass is 10.0. The molecule has 0 spiro atoms. The Labute approximate surface area is 96.7 Å². The molecule has 1 N–H and O–H groups in total. The van der Waals surface area contributed by atoms with Crippen LogP contribution < -0.4 is 5.32 Å². The van der Waals surface area contributed by atoms with Gasteiger partial charge in [0.1, 0.15) is 0 Å². The van der Waals surface area contributed by atoms with E-state index in [0.717, 1.165) is 5.92 Å². The number of nitrogens with one attached hydrogen (secondary N) is 1. The number of hydrogen-bond acceptors (Lipinski definition) is 2. The van der Waals surface area contributed by atoms with Crippen molar-refractivity contribution in [3.63, 3.8) is 0 Å². The second kappa shape index (κ2) is 5.04. The largest absolute Gasteiger partial charge is 0.313 e. The highest BCUT2D eigenvalue weighted by Crippen LogP contribution is 2.37. The van der Waals surface area contributed by atoms with Gasteiger partial charge >= 0.3 is 0 Å². The van der Waals surface area contributed by atoms with Crippen molar-refractivity contribution in [2.45, 2.75) is 30.2 Å². The third kappa shape index (κ3) is 2.99. The predicted octanol–water partition coefficient (Wildman–Crippen LogP) is 3.47. The first-order valence-electron chi connectivity index (χ1n) is 5.64. The lowest BCUT2D eigenvalue weighted by molar-refractivity contribution is 0.514. The molecule has 82 valence electrons. The minimum Gasteiger partial charge on any atom is -0.313 e. The van der Waals surface area contributed by atoms with Crippen LogP contribution in [-0.2, 0) is 0 Å². The van der Waals surface area contributed by atoms with E-state index in [-0.39, 0.29) is 0 Å². The van der Waals surface area contributed by atoms with Crippen LogP contribution >= 0.6 is 11.8 Å². The number of rotatable bonds is 5. The van der Waals surface area contributed by atoms with Gasteiger partial charge < -0.3 is 5.32 Å². The first kappa shape index (κ1) is 11.0. The summed E-state index contributed by atoms with van der Waals surface area (Å²) in [6.07, 6.45) is 6.28. The molecule has 1 aromatic rings. The number of hydrogen-bond donors (Lipinski definition) is 1. The van der Waals surface area contributed by atoms with Crippen molar-refractivity contribution < 1.29 is 0 Å². The first-order chi connectivity index (χ1) is 7.33. The predicted molar refractivity (Wildman–Crippen MR) is 67.4 cm³/mol. The summed E-state index contributed by atoms with van der Waals surface area (Å²) in [5.41, 5.74) is 1.43. The number of thioether (sulfide) groups is 1. The van der Waals surface area contributed by atoms with Crippen LogP contribution in [0.2, 0.25) is 0 Å². The molecular weight excluding hydrogens is 202 g/mol. The summed E-state index contributed by atoms with van der Waals surface area (Å²) in [5, 5.41) is 3.42. The van der Waals surface area contributed by atoms with Crippen molar-refractivity contribution in [3.05, 3.63) is 29.8 Å². The maximum Gasteiger partial charge on any atom is 0.0320 e. The SMILES string of the molecule is CNC(CC1CC1)c1ccc(SC)cc1. The van der Waals surface area contributed by atoms with Crippen LogP contribution in [0.3, 0.4) is 0 Å². The molecule has 1 aromatic carbocycles. The van der Waals surface area contributed by atoms with Crippen molar-refractivity contribution in [2.24, 2.45) is 5.92 Å². The van der Waals surface area contributed by atoms with Crippen LogP contribution in [-0.4, -0.2) is 13.3 Å². The Bertz CT molecular complexity index is 303. The van der Waals surface area contributed by atoms with E-state index in [1.807, 2.05) is 0 Å². The van der Waals surface area contributed by atoms with Crippen LogP contribution in [0.15, 0.2) is 29.2 Å². The highest BCUT2D eigenvalue weighted by molar-refractivity contribution is 7.98. The zero-order valence-electron chi connectivity index (χ0n) is 9.49. The molecular formula is C13H19NS. The Morgan fingerprint density at radius 2 is 2.00 bits per heavy atom. The maximum atomic E-state index is 3.42.